The highest BCUT2D eigenvalue weighted by Crippen LogP contribution is 2.26. The second-order valence-corrected chi connectivity index (χ2v) is 5.06. The maximum atomic E-state index is 4.89. The molecule has 0 fully saturated rings. The normalized spacial score (nSPS) is 10.6. The van der Waals surface area contributed by atoms with Crippen LogP contribution >= 0.6 is 0 Å². The molecule has 1 rings (SSSR count). The molecule has 1 aromatic rings. The minimum atomic E-state index is 0.989. The zero-order valence-corrected chi connectivity index (χ0v) is 14.7. The Balaban J connectivity index is 3.30. The van der Waals surface area contributed by atoms with Crippen LogP contribution in [0.3, 0.4) is 0 Å². The van der Waals surface area contributed by atoms with E-state index in [0.29, 0.717) is 0 Å². The van der Waals surface area contributed by atoms with Crippen molar-refractivity contribution in [2.45, 2.75) is 41.5 Å². The van der Waals surface area contributed by atoms with Crippen molar-refractivity contribution in [2.75, 3.05) is 54.0 Å². The van der Waals surface area contributed by atoms with Crippen molar-refractivity contribution < 1.29 is 0 Å². The van der Waals surface area contributed by atoms with Gasteiger partial charge in [0, 0.05) is 57.1 Å². The van der Waals surface area contributed by atoms with Gasteiger partial charge in [-0.2, -0.15) is 0 Å². The van der Waals surface area contributed by atoms with Crippen LogP contribution in [0.25, 0.3) is 0 Å². The van der Waals surface area contributed by atoms with Crippen LogP contribution < -0.4 is 14.7 Å². The summed E-state index contributed by atoms with van der Waals surface area (Å²) in [7, 11) is 0. The number of aromatic nitrogens is 1. The van der Waals surface area contributed by atoms with Crippen molar-refractivity contribution >= 4 is 17.3 Å². The minimum absolute atomic E-state index is 0.989. The van der Waals surface area contributed by atoms with Gasteiger partial charge in [0.1, 0.15) is 11.6 Å². The fourth-order valence-corrected chi connectivity index (χ4v) is 2.68. The fraction of sp³-hybridized carbons (Fsp3) is 0.706. The predicted molar refractivity (Wildman–Crippen MR) is 94.9 cm³/mol. The summed E-state index contributed by atoms with van der Waals surface area (Å²) in [5.41, 5.74) is 1.28. The van der Waals surface area contributed by atoms with Crippen molar-refractivity contribution in [1.82, 2.24) is 4.98 Å². The smallest absolute Gasteiger partial charge is 0.133 e. The van der Waals surface area contributed by atoms with Gasteiger partial charge in [-0.15, -0.1) is 0 Å². The summed E-state index contributed by atoms with van der Waals surface area (Å²) >= 11 is 0. The first-order chi connectivity index (χ1) is 10.1. The molecule has 0 radical (unpaired) electrons. The highest BCUT2D eigenvalue weighted by molar-refractivity contribution is 5.63. The van der Waals surface area contributed by atoms with Crippen molar-refractivity contribution in [2.24, 2.45) is 0 Å². The molecule has 0 amide bonds. The predicted octanol–water partition coefficient (Wildman–Crippen LogP) is 3.62. The van der Waals surface area contributed by atoms with Gasteiger partial charge in [0.25, 0.3) is 0 Å². The Bertz CT molecular complexity index is 333. The highest BCUT2D eigenvalue weighted by Gasteiger charge is 2.13. The number of hydrogen-bond acceptors (Lipinski definition) is 4. The van der Waals surface area contributed by atoms with E-state index in [2.05, 4.69) is 68.4 Å². The van der Waals surface area contributed by atoms with E-state index in [1.165, 1.54) is 5.69 Å². The Labute approximate surface area is 130 Å². The first-order valence-corrected chi connectivity index (χ1v) is 8.41. The maximum Gasteiger partial charge on any atom is 0.133 e. The van der Waals surface area contributed by atoms with Gasteiger partial charge < -0.3 is 14.7 Å². The second-order valence-electron chi connectivity index (χ2n) is 5.06. The summed E-state index contributed by atoms with van der Waals surface area (Å²) in [6.45, 7) is 19.2. The molecule has 0 unspecified atom stereocenters. The molecular formula is C17H32N4. The molecule has 0 aromatic carbocycles. The summed E-state index contributed by atoms with van der Waals surface area (Å²) < 4.78 is 0. The van der Waals surface area contributed by atoms with Crippen molar-refractivity contribution in [3.63, 3.8) is 0 Å². The van der Waals surface area contributed by atoms with E-state index in [0.717, 1.165) is 50.9 Å². The summed E-state index contributed by atoms with van der Waals surface area (Å²) in [6.07, 6.45) is 0. The molecule has 21 heavy (non-hydrogen) atoms. The third-order valence-corrected chi connectivity index (χ3v) is 4.09. The van der Waals surface area contributed by atoms with Crippen LogP contribution in [0.2, 0.25) is 0 Å². The van der Waals surface area contributed by atoms with Gasteiger partial charge in [0.05, 0.1) is 0 Å². The van der Waals surface area contributed by atoms with Gasteiger partial charge in [-0.3, -0.25) is 0 Å². The second kappa shape index (κ2) is 8.75. The lowest BCUT2D eigenvalue weighted by Gasteiger charge is -2.28. The van der Waals surface area contributed by atoms with E-state index < -0.39 is 0 Å². The summed E-state index contributed by atoms with van der Waals surface area (Å²) in [4.78, 5) is 11.9. The fourth-order valence-electron chi connectivity index (χ4n) is 2.68. The molecule has 4 heteroatoms. The molecule has 0 aliphatic carbocycles. The molecule has 0 saturated heterocycles. The molecule has 0 aliphatic rings. The molecule has 1 aromatic heterocycles. The highest BCUT2D eigenvalue weighted by atomic mass is 15.2. The summed E-state index contributed by atoms with van der Waals surface area (Å²) in [6, 6.07) is 4.46. The average molecular weight is 292 g/mol. The molecule has 0 spiro atoms. The Morgan fingerprint density at radius 2 is 0.952 bits per heavy atom. The molecule has 0 atom stereocenters. The van der Waals surface area contributed by atoms with Crippen molar-refractivity contribution in [3.8, 4) is 0 Å². The van der Waals surface area contributed by atoms with Gasteiger partial charge >= 0.3 is 0 Å². The molecule has 120 valence electrons. The Kier molecular flexibility index (Phi) is 7.34. The van der Waals surface area contributed by atoms with Gasteiger partial charge in [-0.25, -0.2) is 4.98 Å². The zero-order valence-electron chi connectivity index (χ0n) is 14.7. The Hall–Kier alpha value is -1.45. The third-order valence-electron chi connectivity index (χ3n) is 4.09. The van der Waals surface area contributed by atoms with Gasteiger partial charge in [-0.05, 0) is 41.5 Å². The first-order valence-electron chi connectivity index (χ1n) is 8.41. The number of pyridine rings is 1. The van der Waals surface area contributed by atoms with Crippen LogP contribution in [-0.2, 0) is 0 Å². The molecule has 0 bridgehead atoms. The van der Waals surface area contributed by atoms with E-state index in [1.807, 2.05) is 0 Å². The Morgan fingerprint density at radius 3 is 1.24 bits per heavy atom. The molecule has 0 N–H and O–H groups in total. The monoisotopic (exact) mass is 292 g/mol. The van der Waals surface area contributed by atoms with Gasteiger partial charge in [0.15, 0.2) is 0 Å². The van der Waals surface area contributed by atoms with Crippen LogP contribution in [-0.4, -0.2) is 44.3 Å². The van der Waals surface area contributed by atoms with Crippen LogP contribution in [0.5, 0.6) is 0 Å². The largest absolute Gasteiger partial charge is 0.372 e. The number of nitrogens with zero attached hydrogens (tertiary/aromatic N) is 4. The van der Waals surface area contributed by atoms with Crippen LogP contribution in [0.1, 0.15) is 41.5 Å². The number of anilines is 3. The van der Waals surface area contributed by atoms with E-state index in [9.17, 15) is 0 Å². The van der Waals surface area contributed by atoms with E-state index in [-0.39, 0.29) is 0 Å². The van der Waals surface area contributed by atoms with Crippen molar-refractivity contribution in [3.05, 3.63) is 12.1 Å². The molecule has 0 saturated carbocycles. The quantitative estimate of drug-likeness (QED) is 0.693. The maximum absolute atomic E-state index is 4.89. The molecular weight excluding hydrogens is 260 g/mol. The lowest BCUT2D eigenvalue weighted by Crippen LogP contribution is -2.28. The third kappa shape index (κ3) is 4.26. The van der Waals surface area contributed by atoms with Crippen LogP contribution in [0, 0.1) is 0 Å². The molecule has 1 heterocycles. The first kappa shape index (κ1) is 17.6. The van der Waals surface area contributed by atoms with E-state index >= 15 is 0 Å². The van der Waals surface area contributed by atoms with Gasteiger partial charge in [0.2, 0.25) is 0 Å². The SMILES string of the molecule is CCN(CC)c1cc(N(CC)CC)nc(N(CC)CC)c1. The van der Waals surface area contributed by atoms with E-state index in [4.69, 9.17) is 4.98 Å². The lowest BCUT2D eigenvalue weighted by atomic mass is 10.3. The number of rotatable bonds is 9. The summed E-state index contributed by atoms with van der Waals surface area (Å²) in [5.74, 6) is 2.18. The van der Waals surface area contributed by atoms with Gasteiger partial charge in [-0.1, -0.05) is 0 Å². The van der Waals surface area contributed by atoms with Crippen LogP contribution in [0.4, 0.5) is 17.3 Å². The van der Waals surface area contributed by atoms with Crippen LogP contribution in [0.15, 0.2) is 12.1 Å². The van der Waals surface area contributed by atoms with E-state index in [1.54, 1.807) is 0 Å². The number of hydrogen-bond donors (Lipinski definition) is 0. The van der Waals surface area contributed by atoms with Crippen molar-refractivity contribution in [1.29, 1.82) is 0 Å². The average Bonchev–Trinajstić information content (AvgIpc) is 2.51. The lowest BCUT2D eigenvalue weighted by molar-refractivity contribution is 0.810. The molecule has 4 nitrogen and oxygen atoms in total. The summed E-state index contributed by atoms with van der Waals surface area (Å²) in [5, 5.41) is 0. The molecule has 0 aliphatic heterocycles. The standard InChI is InChI=1S/C17H32N4/c1-7-19(8-2)15-13-16(20(9-3)10-4)18-17(14-15)21(11-5)12-6/h13-14H,7-12H2,1-6H3. The zero-order chi connectivity index (χ0) is 15.8. The minimum Gasteiger partial charge on any atom is -0.372 e. The Morgan fingerprint density at radius 1 is 0.619 bits per heavy atom. The topological polar surface area (TPSA) is 22.6 Å².